The van der Waals surface area contributed by atoms with Crippen molar-refractivity contribution in [3.63, 3.8) is 0 Å². The number of anilines is 4. The summed E-state index contributed by atoms with van der Waals surface area (Å²) in [7, 11) is -21.7. The van der Waals surface area contributed by atoms with E-state index in [-0.39, 0.29) is 58.7 Å². The van der Waals surface area contributed by atoms with Gasteiger partial charge in [0.05, 0.1) is 39.1 Å². The number of nitrogen functional groups attached to an aromatic ring is 4. The number of phosphoric acid groups is 4. The molecule has 0 radical (unpaired) electrons. The highest BCUT2D eigenvalue weighted by Crippen LogP contribution is 2.54. The van der Waals surface area contributed by atoms with Crippen LogP contribution in [-0.4, -0.2) is 174 Å². The van der Waals surface area contributed by atoms with Crippen LogP contribution >= 0.6 is 31.3 Å². The van der Waals surface area contributed by atoms with E-state index in [0.29, 0.717) is 4.57 Å². The van der Waals surface area contributed by atoms with E-state index >= 15 is 0 Å². The second-order valence-corrected chi connectivity index (χ2v) is 24.2. The molecule has 10 heterocycles. The largest absolute Gasteiger partial charge is 0.472 e. The van der Waals surface area contributed by atoms with Crippen LogP contribution in [0, 0.1) is 0 Å². The van der Waals surface area contributed by atoms with Crippen LogP contribution in [-0.2, 0) is 68.9 Å². The number of H-pyrrole nitrogens is 2. The normalized spacial score (nSPS) is 29.6. The van der Waals surface area contributed by atoms with Crippen molar-refractivity contribution in [1.29, 1.82) is 0 Å². The Morgan fingerprint density at radius 2 is 0.976 bits per heavy atom. The number of imidazole rings is 2. The summed E-state index contributed by atoms with van der Waals surface area (Å²) in [5.74, 6) is -1.06. The maximum atomic E-state index is 14.0. The molecule has 17 N–H and O–H groups in total. The molecule has 6 aromatic heterocycles. The second-order valence-electron chi connectivity index (χ2n) is 18.8. The van der Waals surface area contributed by atoms with Gasteiger partial charge in [0.1, 0.15) is 85.3 Å². The van der Waals surface area contributed by atoms with E-state index in [2.05, 4.69) is 39.9 Å². The molecule has 0 saturated carbocycles. The molecule has 10 rings (SSSR count). The van der Waals surface area contributed by atoms with Gasteiger partial charge in [0.2, 0.25) is 11.9 Å². The van der Waals surface area contributed by atoms with Gasteiger partial charge in [-0.2, -0.15) is 19.9 Å². The minimum absolute atomic E-state index is 0.111. The zero-order valence-electron chi connectivity index (χ0n) is 42.4. The number of aliphatic hydroxyl groups is 2. The lowest BCUT2D eigenvalue weighted by atomic mass is 10.1. The average molecular weight is 1270 g/mol. The molecule has 84 heavy (non-hydrogen) atoms. The first-order valence-electron chi connectivity index (χ1n) is 24.3. The number of hydrogen-bond acceptors (Lipinski definition) is 31. The Hall–Kier alpha value is -6.14. The summed E-state index contributed by atoms with van der Waals surface area (Å²) in [6.45, 7) is -4.03. The first-order chi connectivity index (χ1) is 39.5. The van der Waals surface area contributed by atoms with Gasteiger partial charge in [-0.3, -0.25) is 69.5 Å². The van der Waals surface area contributed by atoms with Crippen molar-refractivity contribution in [3.8, 4) is 0 Å². The first kappa shape index (κ1) is 61.0. The van der Waals surface area contributed by atoms with Crippen LogP contribution in [0.3, 0.4) is 0 Å². The van der Waals surface area contributed by atoms with Crippen molar-refractivity contribution >= 4 is 77.2 Å². The smallest absolute Gasteiger partial charge is 0.394 e. The number of aromatic nitrogens is 12. The molecular weight excluding hydrogens is 1220 g/mol. The van der Waals surface area contributed by atoms with Crippen LogP contribution in [0.25, 0.3) is 22.3 Å². The number of aliphatic hydroxyl groups excluding tert-OH is 2. The van der Waals surface area contributed by atoms with Crippen LogP contribution in [0.1, 0.15) is 44.2 Å². The van der Waals surface area contributed by atoms with E-state index in [4.69, 9.17) is 73.5 Å². The van der Waals surface area contributed by atoms with Crippen molar-refractivity contribution in [2.24, 2.45) is 0 Å². The molecule has 4 fully saturated rings. The summed E-state index contributed by atoms with van der Waals surface area (Å²) < 4.78 is 118. The van der Waals surface area contributed by atoms with Gasteiger partial charge in [-0.1, -0.05) is 0 Å². The quantitative estimate of drug-likeness (QED) is 0.0290. The van der Waals surface area contributed by atoms with Crippen molar-refractivity contribution in [2.45, 2.75) is 99.1 Å². The Morgan fingerprint density at radius 3 is 1.44 bits per heavy atom. The maximum Gasteiger partial charge on any atom is 0.472 e. The van der Waals surface area contributed by atoms with Gasteiger partial charge in [-0.05, 0) is 12.1 Å². The van der Waals surface area contributed by atoms with Gasteiger partial charge < -0.3 is 76.6 Å². The molecular formula is C38H50N16O26P4. The molecule has 4 aliphatic heterocycles. The van der Waals surface area contributed by atoms with Crippen LogP contribution in [0.15, 0.2) is 56.4 Å². The van der Waals surface area contributed by atoms with Crippen molar-refractivity contribution in [2.75, 3.05) is 49.4 Å². The Bertz CT molecular complexity index is 3900. The third-order valence-electron chi connectivity index (χ3n) is 13.1. The minimum Gasteiger partial charge on any atom is -0.394 e. The summed E-state index contributed by atoms with van der Waals surface area (Å²) >= 11 is 0. The summed E-state index contributed by atoms with van der Waals surface area (Å²) in [6.07, 6.45) is -17.9. The molecule has 0 aliphatic carbocycles. The van der Waals surface area contributed by atoms with Crippen LogP contribution < -0.4 is 45.4 Å². The number of ether oxygens (including phenoxy) is 4. The van der Waals surface area contributed by atoms with Gasteiger partial charge in [-0.15, -0.1) is 0 Å². The fourth-order valence-electron chi connectivity index (χ4n) is 9.46. The number of phosphoric ester groups is 4. The molecule has 4 saturated heterocycles. The van der Waals surface area contributed by atoms with E-state index in [9.17, 15) is 72.1 Å². The molecule has 46 heteroatoms. The van der Waals surface area contributed by atoms with Crippen molar-refractivity contribution in [3.05, 3.63) is 78.9 Å². The molecule has 6 aromatic rings. The monoisotopic (exact) mass is 1270 g/mol. The predicted octanol–water partition coefficient (Wildman–Crippen LogP) is -3.81. The van der Waals surface area contributed by atoms with Crippen molar-refractivity contribution in [1.82, 2.24) is 58.1 Å². The van der Waals surface area contributed by atoms with Gasteiger partial charge in [0.25, 0.3) is 11.1 Å². The second kappa shape index (κ2) is 23.6. The lowest BCUT2D eigenvalue weighted by molar-refractivity contribution is -0.0636. The third kappa shape index (κ3) is 13.4. The van der Waals surface area contributed by atoms with Gasteiger partial charge >= 0.3 is 42.7 Å². The Balaban J connectivity index is 0.857. The minimum atomic E-state index is -5.65. The number of nitrogens with one attached hydrogen (secondary N) is 2. The average Bonchev–Trinajstić information content (AvgIpc) is 2.05. The molecule has 42 nitrogen and oxygen atoms in total. The molecule has 16 atom stereocenters. The lowest BCUT2D eigenvalue weighted by Gasteiger charge is -2.26. The van der Waals surface area contributed by atoms with E-state index in [1.807, 2.05) is 0 Å². The zero-order valence-corrected chi connectivity index (χ0v) is 46.0. The van der Waals surface area contributed by atoms with Gasteiger partial charge in [-0.25, -0.2) is 37.8 Å². The Morgan fingerprint density at radius 1 is 0.560 bits per heavy atom. The van der Waals surface area contributed by atoms with Crippen LogP contribution in [0.4, 0.5) is 23.5 Å². The fraction of sp³-hybridized carbons (Fsp3) is 0.526. The lowest BCUT2D eigenvalue weighted by Crippen LogP contribution is -2.38. The molecule has 0 aromatic carbocycles. The highest BCUT2D eigenvalue weighted by Gasteiger charge is 2.52. The molecule has 0 bridgehead atoms. The van der Waals surface area contributed by atoms with E-state index in [1.165, 1.54) is 16.8 Å². The molecule has 0 amide bonds. The summed E-state index contributed by atoms with van der Waals surface area (Å²) in [5, 5.41) is 21.6. The summed E-state index contributed by atoms with van der Waals surface area (Å²) in [4.78, 5) is 131. The van der Waals surface area contributed by atoms with Crippen molar-refractivity contribution < 1.29 is 104 Å². The third-order valence-corrected chi connectivity index (χ3v) is 16.7. The molecule has 4 aliphatic rings. The van der Waals surface area contributed by atoms with Gasteiger partial charge in [0, 0.05) is 31.7 Å². The highest BCUT2D eigenvalue weighted by atomic mass is 31.2. The van der Waals surface area contributed by atoms with E-state index < -0.39 is 166 Å². The molecule has 3 unspecified atom stereocenters. The molecule has 0 spiro atoms. The molecule has 458 valence electrons. The maximum absolute atomic E-state index is 14.0. The summed E-state index contributed by atoms with van der Waals surface area (Å²) in [6, 6.07) is 2.39. The summed E-state index contributed by atoms with van der Waals surface area (Å²) in [5.41, 5.74) is 18.5. The Kier molecular flexibility index (Phi) is 17.1. The fourth-order valence-corrected chi connectivity index (χ4v) is 12.9. The Labute approximate surface area is 465 Å². The highest BCUT2D eigenvalue weighted by molar-refractivity contribution is 7.48. The predicted molar refractivity (Wildman–Crippen MR) is 272 cm³/mol. The van der Waals surface area contributed by atoms with Gasteiger partial charge in [0.15, 0.2) is 28.6 Å². The SMILES string of the molecule is Nc1ccn([C@@H]2O[C@H](COP(=O)(O)O[C@H]3C[C@H](n4ccc(N)nc4=O)O[C@@H]3CO)[C@@H](OP(=O)(O)OC[C@H]3O[C@@H](n4cnc5c(=O)[nH]c(N)nc54)C[C@@H]3OP(=O)(O)OC[C@H]3O[C@@H](n4cnc5c(=O)[nH]c(N)nc54)C[C@@H]3OP(=O)(O)O)[C@H]2O)c(=O)n1. The number of nitrogens with zero attached hydrogens (tertiary/aromatic N) is 10. The number of nitrogens with two attached hydrogens (primary N) is 4. The van der Waals surface area contributed by atoms with E-state index in [1.54, 1.807) is 0 Å². The first-order valence-corrected chi connectivity index (χ1v) is 30.3. The topological polar surface area (TPSA) is 612 Å². The number of aromatic amines is 2. The van der Waals surface area contributed by atoms with Crippen LogP contribution in [0.2, 0.25) is 0 Å². The van der Waals surface area contributed by atoms with E-state index in [0.717, 1.165) is 34.1 Å². The standard InChI is InChI=1S/C38H50N16O26P4/c39-21-1-3-51(37(59)45-21)23-5-14(17(8-55)73-23)78-83(66,67)72-11-20-29(28(56)34(76-20)52-4-2-22(40)46-38(52)60)80-84(68,69)71-10-19-16(7-25(75-19)54-13-44-27-31(54)48-36(42)50-33(27)58)79-82(64,65)70-9-18-15(77-81(61,62)63)6-24(74-18)53-12-43-26-30(53)47-35(41)49-32(26)57/h1-4,12-20,23-25,28-29,34,55-56H,5-11H2,(H,64,65)(H,66,67)(H,68,69)(H2,39,45,59)(H2,40,46,60)(H2,61,62,63)(H3,41,47,49,57)(H3,42,48,50,58)/t14-,15-,16-,17+,18+,19+,20+,23+,24+,25+,28+,29+,34+/m0/s1. The number of rotatable bonds is 22. The number of hydrogen-bond donors (Lipinski definition) is 13. The zero-order chi connectivity index (χ0) is 60.4. The van der Waals surface area contributed by atoms with Crippen LogP contribution in [0.5, 0.6) is 0 Å². The number of fused-ring (bicyclic) bond motifs is 2.